The number of fused-ring (bicyclic) bond motifs is 3. The fourth-order valence-electron chi connectivity index (χ4n) is 2.92. The first-order valence-corrected chi connectivity index (χ1v) is 6.74. The molecule has 3 aromatic rings. The Morgan fingerprint density at radius 1 is 1.26 bits per heavy atom. The number of carboxylic acids is 2. The van der Waals surface area contributed by atoms with Crippen molar-refractivity contribution in [1.29, 1.82) is 0 Å². The Bertz CT molecular complexity index is 946. The summed E-state index contributed by atoms with van der Waals surface area (Å²) in [5.41, 5.74) is 3.29. The predicted octanol–water partition coefficient (Wildman–Crippen LogP) is -1.90. The number of benzene rings is 1. The summed E-state index contributed by atoms with van der Waals surface area (Å²) in [6.45, 7) is 3.37. The molecule has 2 aromatic heterocycles. The van der Waals surface area contributed by atoms with Gasteiger partial charge in [0.05, 0.1) is 11.0 Å². The van der Waals surface area contributed by atoms with Gasteiger partial charge in [0.2, 0.25) is 0 Å². The summed E-state index contributed by atoms with van der Waals surface area (Å²) in [5, 5.41) is 20.5. The van der Waals surface area contributed by atoms with E-state index in [4.69, 9.17) is 0 Å². The van der Waals surface area contributed by atoms with Gasteiger partial charge in [0, 0.05) is 18.1 Å². The average Bonchev–Trinajstić information content (AvgIpc) is 2.81. The zero-order valence-corrected chi connectivity index (χ0v) is 15.1. The quantitative estimate of drug-likeness (QED) is 0.569. The number of aromatic carboxylic acids is 1. The van der Waals surface area contributed by atoms with Crippen LogP contribution < -0.4 is 34.7 Å². The van der Waals surface area contributed by atoms with Crippen LogP contribution in [0, 0.1) is 13.8 Å². The first-order chi connectivity index (χ1) is 10.4. The van der Waals surface area contributed by atoms with Crippen LogP contribution in [0.5, 0.6) is 0 Å². The van der Waals surface area contributed by atoms with Crippen LogP contribution in [-0.2, 0) is 11.2 Å². The molecule has 23 heavy (non-hydrogen) atoms. The van der Waals surface area contributed by atoms with E-state index >= 15 is 0 Å². The molecule has 112 valence electrons. The van der Waals surface area contributed by atoms with Crippen LogP contribution in [0.25, 0.3) is 16.7 Å². The number of carboxylic acid groups (broad SMARTS) is 2. The van der Waals surface area contributed by atoms with Gasteiger partial charge >= 0.3 is 35.5 Å². The Balaban J connectivity index is 0.00000192. The van der Waals surface area contributed by atoms with Crippen molar-refractivity contribution in [2.45, 2.75) is 20.3 Å². The number of para-hydroxylation sites is 2. The van der Waals surface area contributed by atoms with E-state index in [9.17, 15) is 19.8 Å². The number of nitrogens with zero attached hydrogens (tertiary/aromatic N) is 2. The summed E-state index contributed by atoms with van der Waals surface area (Å²) >= 11 is 0. The number of pyridine rings is 1. The monoisotopic (exact) mass is 320 g/mol. The number of aromatic nitrogens is 2. The maximum Gasteiger partial charge on any atom is 1.00 e. The minimum absolute atomic E-state index is 0. The maximum atomic E-state index is 11.6. The molecule has 0 aliphatic heterocycles. The summed E-state index contributed by atoms with van der Waals surface area (Å²) in [7, 11) is 0. The van der Waals surface area contributed by atoms with Crippen LogP contribution in [0.15, 0.2) is 24.3 Å². The van der Waals surface area contributed by atoms with Gasteiger partial charge in [-0.2, -0.15) is 0 Å². The van der Waals surface area contributed by atoms with E-state index in [-0.39, 0.29) is 41.5 Å². The van der Waals surface area contributed by atoms with E-state index < -0.39 is 11.9 Å². The van der Waals surface area contributed by atoms with Crippen molar-refractivity contribution in [3.63, 3.8) is 0 Å². The second-order valence-electron chi connectivity index (χ2n) is 5.18. The second-order valence-corrected chi connectivity index (χ2v) is 5.18. The fourth-order valence-corrected chi connectivity index (χ4v) is 2.92. The normalized spacial score (nSPS) is 10.7. The number of hydrogen-bond donors (Lipinski definition) is 1. The van der Waals surface area contributed by atoms with Crippen molar-refractivity contribution in [3.05, 3.63) is 46.6 Å². The minimum Gasteiger partial charge on any atom is -0.550 e. The number of carbonyl (C=O) groups excluding carboxylic acids is 1. The molecular formula is C16H13N2NaO4. The first-order valence-electron chi connectivity index (χ1n) is 6.74. The SMILES string of the molecule is Cc1c(CC(=O)[O-])c(C)n2c(nc3ccccc32)c1C(=O)O.[Na+]. The first kappa shape index (κ1) is 17.5. The van der Waals surface area contributed by atoms with Crippen molar-refractivity contribution >= 4 is 28.6 Å². The van der Waals surface area contributed by atoms with Crippen LogP contribution in [0.2, 0.25) is 0 Å². The molecule has 0 atom stereocenters. The summed E-state index contributed by atoms with van der Waals surface area (Å²) < 4.78 is 1.70. The number of rotatable bonds is 3. The van der Waals surface area contributed by atoms with Gasteiger partial charge in [-0.3, -0.25) is 4.40 Å². The molecule has 7 heteroatoms. The van der Waals surface area contributed by atoms with E-state index in [1.807, 2.05) is 18.2 Å². The second kappa shape index (κ2) is 6.31. The molecule has 0 aliphatic carbocycles. The number of imidazole rings is 1. The van der Waals surface area contributed by atoms with Crippen LogP contribution >= 0.6 is 0 Å². The van der Waals surface area contributed by atoms with Gasteiger partial charge in [-0.05, 0) is 37.1 Å². The van der Waals surface area contributed by atoms with E-state index in [0.717, 1.165) is 5.52 Å². The van der Waals surface area contributed by atoms with Crippen molar-refractivity contribution in [3.8, 4) is 0 Å². The molecule has 3 rings (SSSR count). The van der Waals surface area contributed by atoms with Crippen molar-refractivity contribution < 1.29 is 49.4 Å². The molecular weight excluding hydrogens is 307 g/mol. The molecule has 0 aliphatic rings. The minimum atomic E-state index is -1.24. The molecule has 0 radical (unpaired) electrons. The van der Waals surface area contributed by atoms with Gasteiger partial charge < -0.3 is 15.0 Å². The Hall–Kier alpha value is -1.89. The van der Waals surface area contributed by atoms with Gasteiger partial charge in [0.25, 0.3) is 0 Å². The summed E-state index contributed by atoms with van der Waals surface area (Å²) in [6.07, 6.45) is -0.333. The van der Waals surface area contributed by atoms with Crippen LogP contribution in [-0.4, -0.2) is 26.4 Å². The molecule has 6 nitrogen and oxygen atoms in total. The molecule has 1 N–H and O–H groups in total. The molecule has 2 heterocycles. The van der Waals surface area contributed by atoms with Crippen LogP contribution in [0.1, 0.15) is 27.2 Å². The van der Waals surface area contributed by atoms with E-state index in [0.29, 0.717) is 28.0 Å². The molecule has 0 fully saturated rings. The average molecular weight is 320 g/mol. The third-order valence-corrected chi connectivity index (χ3v) is 3.92. The summed E-state index contributed by atoms with van der Waals surface area (Å²) in [5.74, 6) is -2.37. The van der Waals surface area contributed by atoms with Gasteiger partial charge in [-0.1, -0.05) is 12.1 Å². The van der Waals surface area contributed by atoms with E-state index in [2.05, 4.69) is 4.98 Å². The largest absolute Gasteiger partial charge is 1.00 e. The van der Waals surface area contributed by atoms with E-state index in [1.165, 1.54) is 0 Å². The predicted molar refractivity (Wildman–Crippen MR) is 77.8 cm³/mol. The fraction of sp³-hybridized carbons (Fsp3) is 0.188. The van der Waals surface area contributed by atoms with Gasteiger partial charge in [-0.25, -0.2) is 9.78 Å². The zero-order chi connectivity index (χ0) is 16.0. The number of aryl methyl sites for hydroxylation is 1. The molecule has 0 amide bonds. The smallest absolute Gasteiger partial charge is 0.550 e. The molecule has 0 saturated carbocycles. The van der Waals surface area contributed by atoms with Crippen molar-refractivity contribution in [2.75, 3.05) is 0 Å². The maximum absolute atomic E-state index is 11.6. The molecule has 0 spiro atoms. The van der Waals surface area contributed by atoms with Crippen LogP contribution in [0.3, 0.4) is 0 Å². The Morgan fingerprint density at radius 3 is 2.52 bits per heavy atom. The van der Waals surface area contributed by atoms with Crippen LogP contribution in [0.4, 0.5) is 0 Å². The van der Waals surface area contributed by atoms with Gasteiger partial charge in [0.1, 0.15) is 5.56 Å². The Labute approximate surface area is 154 Å². The third-order valence-electron chi connectivity index (χ3n) is 3.92. The van der Waals surface area contributed by atoms with Gasteiger partial charge in [0.15, 0.2) is 5.65 Å². The number of aliphatic carboxylic acids is 1. The summed E-state index contributed by atoms with van der Waals surface area (Å²) in [6, 6.07) is 7.27. The third kappa shape index (κ3) is 2.73. The molecule has 1 aromatic carbocycles. The standard InChI is InChI=1S/C16H14N2O4.Na/c1-8-10(7-13(19)20)9(2)18-12-6-4-3-5-11(12)17-15(18)14(8)16(21)22;/h3-6H,7H2,1-2H3,(H,19,20)(H,21,22);/q;+1/p-1. The number of hydrogen-bond acceptors (Lipinski definition) is 4. The zero-order valence-electron chi connectivity index (χ0n) is 13.1. The molecule has 0 saturated heterocycles. The topological polar surface area (TPSA) is 94.7 Å². The van der Waals surface area contributed by atoms with Crippen molar-refractivity contribution in [2.24, 2.45) is 0 Å². The van der Waals surface area contributed by atoms with E-state index in [1.54, 1.807) is 24.3 Å². The molecule has 0 bridgehead atoms. The number of carbonyl (C=O) groups is 2. The summed E-state index contributed by atoms with van der Waals surface area (Å²) in [4.78, 5) is 27.1. The Kier molecular flexibility index (Phi) is 4.79. The Morgan fingerprint density at radius 2 is 1.91 bits per heavy atom. The molecule has 0 unspecified atom stereocenters. The van der Waals surface area contributed by atoms with Crippen molar-refractivity contribution in [1.82, 2.24) is 9.38 Å². The van der Waals surface area contributed by atoms with Gasteiger partial charge in [-0.15, -0.1) is 0 Å².